The van der Waals surface area contributed by atoms with Crippen LogP contribution in [0.3, 0.4) is 0 Å². The Morgan fingerprint density at radius 1 is 1.59 bits per heavy atom. The van der Waals surface area contributed by atoms with Crippen molar-refractivity contribution in [1.29, 1.82) is 0 Å². The van der Waals surface area contributed by atoms with Gasteiger partial charge in [-0.3, -0.25) is 10.1 Å². The third-order valence-electron chi connectivity index (χ3n) is 2.86. The molecule has 1 fully saturated rings. The molecule has 1 aromatic carbocycles. The molecule has 1 aliphatic heterocycles. The van der Waals surface area contributed by atoms with Gasteiger partial charge in [-0.15, -0.1) is 0 Å². The van der Waals surface area contributed by atoms with Crippen LogP contribution in [0.5, 0.6) is 0 Å². The zero-order valence-electron chi connectivity index (χ0n) is 9.28. The highest BCUT2D eigenvalue weighted by Crippen LogP contribution is 2.21. The molecule has 1 unspecified atom stereocenters. The highest BCUT2D eigenvalue weighted by Gasteiger charge is 2.15. The normalized spacial score (nSPS) is 19.2. The second-order valence-electron chi connectivity index (χ2n) is 4.10. The molecule has 17 heavy (non-hydrogen) atoms. The summed E-state index contributed by atoms with van der Waals surface area (Å²) in [6.45, 7) is 1.56. The monoisotopic (exact) mass is 239 g/mol. The van der Waals surface area contributed by atoms with Crippen LogP contribution in [-0.4, -0.2) is 24.1 Å². The van der Waals surface area contributed by atoms with Crippen molar-refractivity contribution < 1.29 is 9.31 Å². The average Bonchev–Trinajstić information content (AvgIpc) is 2.80. The van der Waals surface area contributed by atoms with Gasteiger partial charge >= 0.3 is 0 Å². The lowest BCUT2D eigenvalue weighted by molar-refractivity contribution is -0.384. The van der Waals surface area contributed by atoms with Crippen LogP contribution in [0.4, 0.5) is 15.8 Å². The van der Waals surface area contributed by atoms with Crippen LogP contribution >= 0.6 is 0 Å². The number of hydrogen-bond acceptors (Lipinski definition) is 4. The Morgan fingerprint density at radius 2 is 2.41 bits per heavy atom. The minimum Gasteiger partial charge on any atom is -0.381 e. The molecule has 2 N–H and O–H groups in total. The maximum absolute atomic E-state index is 13.4. The highest BCUT2D eigenvalue weighted by molar-refractivity contribution is 5.52. The lowest BCUT2D eigenvalue weighted by Gasteiger charge is -2.12. The number of hydrogen-bond donors (Lipinski definition) is 2. The molecule has 0 aliphatic carbocycles. The highest BCUT2D eigenvalue weighted by atomic mass is 19.1. The topological polar surface area (TPSA) is 67.2 Å². The summed E-state index contributed by atoms with van der Waals surface area (Å²) in [5.41, 5.74) is 0.0844. The molecule has 0 spiro atoms. The van der Waals surface area contributed by atoms with Gasteiger partial charge in [-0.1, -0.05) is 0 Å². The minimum atomic E-state index is -0.529. The molecule has 0 saturated carbocycles. The summed E-state index contributed by atoms with van der Waals surface area (Å²) in [5, 5.41) is 16.7. The largest absolute Gasteiger partial charge is 0.381 e. The number of benzene rings is 1. The van der Waals surface area contributed by atoms with Crippen LogP contribution in [0, 0.1) is 15.9 Å². The van der Waals surface area contributed by atoms with Crippen LogP contribution in [0.2, 0.25) is 0 Å². The van der Waals surface area contributed by atoms with Crippen molar-refractivity contribution in [3.8, 4) is 0 Å². The first-order valence-corrected chi connectivity index (χ1v) is 5.58. The maximum Gasteiger partial charge on any atom is 0.271 e. The molecule has 5 nitrogen and oxygen atoms in total. The van der Waals surface area contributed by atoms with Gasteiger partial charge in [0.2, 0.25) is 0 Å². The van der Waals surface area contributed by atoms with Gasteiger partial charge in [0.15, 0.2) is 0 Å². The summed E-state index contributed by atoms with van der Waals surface area (Å²) in [4.78, 5) is 10.0. The number of non-ortho nitro benzene ring substituents is 1. The van der Waals surface area contributed by atoms with Gasteiger partial charge in [0.1, 0.15) is 5.82 Å². The van der Waals surface area contributed by atoms with Crippen molar-refractivity contribution in [1.82, 2.24) is 5.32 Å². The fourth-order valence-electron chi connectivity index (χ4n) is 1.93. The Labute approximate surface area is 98.2 Å². The minimum absolute atomic E-state index is 0.103. The zero-order chi connectivity index (χ0) is 12.3. The molecule has 1 aromatic rings. The van der Waals surface area contributed by atoms with E-state index >= 15 is 0 Å². The Morgan fingerprint density at radius 3 is 3.06 bits per heavy atom. The van der Waals surface area contributed by atoms with E-state index in [0.29, 0.717) is 12.6 Å². The predicted octanol–water partition coefficient (Wildman–Crippen LogP) is 1.90. The molecule has 1 aliphatic rings. The number of nitro benzene ring substituents is 1. The number of halogens is 1. The van der Waals surface area contributed by atoms with E-state index in [1.165, 1.54) is 6.07 Å². The molecule has 92 valence electrons. The van der Waals surface area contributed by atoms with Crippen LogP contribution in [0.15, 0.2) is 18.2 Å². The molecule has 0 amide bonds. The van der Waals surface area contributed by atoms with E-state index in [0.717, 1.165) is 31.5 Å². The molecule has 1 saturated heterocycles. The smallest absolute Gasteiger partial charge is 0.271 e. The summed E-state index contributed by atoms with van der Waals surface area (Å²) in [6.07, 6.45) is 2.16. The van der Waals surface area contributed by atoms with E-state index in [2.05, 4.69) is 10.6 Å². The molecule has 0 aromatic heterocycles. The third-order valence-corrected chi connectivity index (χ3v) is 2.86. The molecule has 6 heteroatoms. The Kier molecular flexibility index (Phi) is 3.53. The quantitative estimate of drug-likeness (QED) is 0.622. The zero-order valence-corrected chi connectivity index (χ0v) is 9.28. The SMILES string of the molecule is O=[N+]([O-])c1ccc(F)c(NCC2CCCN2)c1. The summed E-state index contributed by atoms with van der Waals surface area (Å²) < 4.78 is 13.4. The molecular formula is C11H14FN3O2. The first-order chi connectivity index (χ1) is 8.16. The fourth-order valence-corrected chi connectivity index (χ4v) is 1.93. The van der Waals surface area contributed by atoms with Gasteiger partial charge < -0.3 is 10.6 Å². The number of nitrogens with zero attached hydrogens (tertiary/aromatic N) is 1. The van der Waals surface area contributed by atoms with Crippen LogP contribution in [0.25, 0.3) is 0 Å². The summed E-state index contributed by atoms with van der Waals surface area (Å²) in [5.74, 6) is -0.464. The maximum atomic E-state index is 13.4. The molecule has 1 heterocycles. The number of rotatable bonds is 4. The second kappa shape index (κ2) is 5.09. The summed E-state index contributed by atoms with van der Waals surface area (Å²) in [7, 11) is 0. The van der Waals surface area contributed by atoms with Gasteiger partial charge in [-0.2, -0.15) is 0 Å². The second-order valence-corrected chi connectivity index (χ2v) is 4.10. The van der Waals surface area contributed by atoms with Crippen molar-refractivity contribution in [2.24, 2.45) is 0 Å². The van der Waals surface area contributed by atoms with Gasteiger partial charge in [0, 0.05) is 24.7 Å². The average molecular weight is 239 g/mol. The van der Waals surface area contributed by atoms with E-state index < -0.39 is 10.7 Å². The van der Waals surface area contributed by atoms with Gasteiger partial charge in [-0.25, -0.2) is 4.39 Å². The van der Waals surface area contributed by atoms with Crippen molar-refractivity contribution in [3.05, 3.63) is 34.1 Å². The first kappa shape index (κ1) is 11.8. The molecule has 0 bridgehead atoms. The first-order valence-electron chi connectivity index (χ1n) is 5.58. The van der Waals surface area contributed by atoms with E-state index in [1.54, 1.807) is 0 Å². The standard InChI is InChI=1S/C11H14FN3O2/c12-10-4-3-9(15(16)17)6-11(10)14-7-8-2-1-5-13-8/h3-4,6,8,13-14H,1-2,5,7H2. The van der Waals surface area contributed by atoms with Crippen LogP contribution in [-0.2, 0) is 0 Å². The van der Waals surface area contributed by atoms with E-state index in [9.17, 15) is 14.5 Å². The Balaban J connectivity index is 2.03. The van der Waals surface area contributed by atoms with E-state index in [-0.39, 0.29) is 11.4 Å². The predicted molar refractivity (Wildman–Crippen MR) is 62.6 cm³/mol. The van der Waals surface area contributed by atoms with Crippen molar-refractivity contribution >= 4 is 11.4 Å². The molecular weight excluding hydrogens is 225 g/mol. The van der Waals surface area contributed by atoms with E-state index in [4.69, 9.17) is 0 Å². The van der Waals surface area contributed by atoms with Crippen molar-refractivity contribution in [3.63, 3.8) is 0 Å². The van der Waals surface area contributed by atoms with Crippen molar-refractivity contribution in [2.45, 2.75) is 18.9 Å². The number of anilines is 1. The fraction of sp³-hybridized carbons (Fsp3) is 0.455. The van der Waals surface area contributed by atoms with E-state index in [1.807, 2.05) is 0 Å². The molecule has 0 radical (unpaired) electrons. The Hall–Kier alpha value is -1.69. The summed E-state index contributed by atoms with van der Waals surface area (Å²) in [6, 6.07) is 3.81. The summed E-state index contributed by atoms with van der Waals surface area (Å²) >= 11 is 0. The lowest BCUT2D eigenvalue weighted by atomic mass is 10.2. The molecule has 2 rings (SSSR count). The third kappa shape index (κ3) is 2.91. The van der Waals surface area contributed by atoms with Crippen molar-refractivity contribution in [2.75, 3.05) is 18.4 Å². The Bertz CT molecular complexity index is 419. The van der Waals surface area contributed by atoms with Gasteiger partial charge in [0.25, 0.3) is 5.69 Å². The number of nitrogens with one attached hydrogen (secondary N) is 2. The molecule has 1 atom stereocenters. The lowest BCUT2D eigenvalue weighted by Crippen LogP contribution is -2.29. The van der Waals surface area contributed by atoms with Crippen LogP contribution < -0.4 is 10.6 Å². The van der Waals surface area contributed by atoms with Gasteiger partial charge in [0.05, 0.1) is 10.6 Å². The van der Waals surface area contributed by atoms with Crippen LogP contribution in [0.1, 0.15) is 12.8 Å². The number of nitro groups is 1. The van der Waals surface area contributed by atoms with Gasteiger partial charge in [-0.05, 0) is 25.5 Å².